The Morgan fingerprint density at radius 3 is 2.56 bits per heavy atom. The van der Waals surface area contributed by atoms with Crippen molar-refractivity contribution in [1.29, 1.82) is 0 Å². The molecule has 0 radical (unpaired) electrons. The summed E-state index contributed by atoms with van der Waals surface area (Å²) >= 11 is 0. The highest BCUT2D eigenvalue weighted by Gasteiger charge is 2.17. The predicted octanol–water partition coefficient (Wildman–Crippen LogP) is 2.67. The van der Waals surface area contributed by atoms with Gasteiger partial charge in [0.2, 0.25) is 0 Å². The molecule has 0 amide bonds. The van der Waals surface area contributed by atoms with Crippen LogP contribution in [-0.2, 0) is 0 Å². The monoisotopic (exact) mass is 227 g/mol. The maximum Gasteiger partial charge on any atom is 0.165 e. The van der Waals surface area contributed by atoms with Crippen LogP contribution < -0.4 is 5.73 Å². The van der Waals surface area contributed by atoms with Crippen molar-refractivity contribution in [2.45, 2.75) is 32.2 Å². The Morgan fingerprint density at radius 1 is 1.38 bits per heavy atom. The molecule has 4 heteroatoms. The smallest absolute Gasteiger partial charge is 0.165 e. The molecule has 0 saturated carbocycles. The van der Waals surface area contributed by atoms with E-state index < -0.39 is 23.0 Å². The molecule has 2 N–H and O–H groups in total. The van der Waals surface area contributed by atoms with Gasteiger partial charge in [0.1, 0.15) is 11.6 Å². The van der Waals surface area contributed by atoms with Crippen molar-refractivity contribution < 1.29 is 13.6 Å². The molecule has 0 aliphatic carbocycles. The van der Waals surface area contributed by atoms with E-state index in [2.05, 4.69) is 0 Å². The van der Waals surface area contributed by atoms with Gasteiger partial charge in [0.25, 0.3) is 0 Å². The summed E-state index contributed by atoms with van der Waals surface area (Å²) in [5.74, 6) is -1.73. The Hall–Kier alpha value is -1.29. The Bertz CT molecular complexity index is 396. The lowest BCUT2D eigenvalue weighted by molar-refractivity contribution is 0.0968. The number of halogens is 2. The van der Waals surface area contributed by atoms with Crippen LogP contribution in [0.25, 0.3) is 0 Å². The van der Waals surface area contributed by atoms with E-state index in [4.69, 9.17) is 5.73 Å². The van der Waals surface area contributed by atoms with Crippen LogP contribution in [0.3, 0.4) is 0 Å². The first kappa shape index (κ1) is 12.8. The number of ketones is 1. The average molecular weight is 227 g/mol. The van der Waals surface area contributed by atoms with Gasteiger partial charge in [-0.2, -0.15) is 0 Å². The molecule has 1 rings (SSSR count). The number of Topliss-reactive ketones (excluding diaryl/α,β-unsaturated/α-hetero) is 1. The number of carbonyl (C=O) groups is 1. The minimum Gasteiger partial charge on any atom is -0.326 e. The molecule has 0 saturated heterocycles. The van der Waals surface area contributed by atoms with E-state index in [1.54, 1.807) is 13.8 Å². The summed E-state index contributed by atoms with van der Waals surface area (Å²) in [6.45, 7) is 3.56. The molecule has 0 fully saturated rings. The van der Waals surface area contributed by atoms with Crippen molar-refractivity contribution in [3.63, 3.8) is 0 Å². The molecule has 1 aromatic rings. The van der Waals surface area contributed by atoms with Gasteiger partial charge in [0.15, 0.2) is 5.78 Å². The molecule has 0 heterocycles. The van der Waals surface area contributed by atoms with Gasteiger partial charge in [0.05, 0.1) is 5.56 Å². The topological polar surface area (TPSA) is 43.1 Å². The maximum absolute atomic E-state index is 13.2. The van der Waals surface area contributed by atoms with Crippen molar-refractivity contribution in [3.05, 3.63) is 35.4 Å². The molecular formula is C12H15F2NO. The third kappa shape index (κ3) is 3.70. The van der Waals surface area contributed by atoms with Crippen molar-refractivity contribution in [2.24, 2.45) is 5.73 Å². The maximum atomic E-state index is 13.2. The molecule has 0 atom stereocenters. The van der Waals surface area contributed by atoms with E-state index in [0.29, 0.717) is 6.42 Å². The number of rotatable bonds is 4. The zero-order valence-electron chi connectivity index (χ0n) is 9.39. The predicted molar refractivity (Wildman–Crippen MR) is 58.2 cm³/mol. The van der Waals surface area contributed by atoms with Crippen LogP contribution in [0, 0.1) is 11.6 Å². The lowest BCUT2D eigenvalue weighted by Gasteiger charge is -2.17. The van der Waals surface area contributed by atoms with Crippen LogP contribution in [0.2, 0.25) is 0 Å². The third-order valence-corrected chi connectivity index (χ3v) is 2.23. The molecule has 16 heavy (non-hydrogen) atoms. The quantitative estimate of drug-likeness (QED) is 0.803. The number of carbonyl (C=O) groups excluding carboxylic acids is 1. The summed E-state index contributed by atoms with van der Waals surface area (Å²) in [5.41, 5.74) is 5.02. The van der Waals surface area contributed by atoms with Gasteiger partial charge in [-0.3, -0.25) is 4.79 Å². The number of nitrogens with two attached hydrogens (primary N) is 1. The van der Waals surface area contributed by atoms with Crippen molar-refractivity contribution in [3.8, 4) is 0 Å². The fourth-order valence-corrected chi connectivity index (χ4v) is 1.28. The standard InChI is InChI=1S/C12H15F2NO/c1-12(2,15)6-5-11(16)9-7-8(13)3-4-10(9)14/h3-4,7H,5-6,15H2,1-2H3. The molecule has 0 bridgehead atoms. The largest absolute Gasteiger partial charge is 0.326 e. The zero-order chi connectivity index (χ0) is 12.3. The second kappa shape index (κ2) is 4.70. The zero-order valence-corrected chi connectivity index (χ0v) is 9.39. The van der Waals surface area contributed by atoms with E-state index >= 15 is 0 Å². The van der Waals surface area contributed by atoms with Crippen molar-refractivity contribution in [2.75, 3.05) is 0 Å². The molecule has 0 spiro atoms. The second-order valence-corrected chi connectivity index (χ2v) is 4.54. The first-order valence-corrected chi connectivity index (χ1v) is 5.07. The second-order valence-electron chi connectivity index (χ2n) is 4.54. The lowest BCUT2D eigenvalue weighted by atomic mass is 9.96. The van der Waals surface area contributed by atoms with Crippen LogP contribution in [0.5, 0.6) is 0 Å². The number of hydrogen-bond donors (Lipinski definition) is 1. The molecule has 2 nitrogen and oxygen atoms in total. The molecule has 0 aliphatic heterocycles. The van der Waals surface area contributed by atoms with E-state index in [9.17, 15) is 13.6 Å². The van der Waals surface area contributed by atoms with Crippen LogP contribution in [0.1, 0.15) is 37.0 Å². The first-order chi connectivity index (χ1) is 7.29. The molecule has 0 unspecified atom stereocenters. The summed E-state index contributed by atoms with van der Waals surface area (Å²) in [5, 5.41) is 0. The lowest BCUT2D eigenvalue weighted by Crippen LogP contribution is -2.32. The highest BCUT2D eigenvalue weighted by Crippen LogP contribution is 2.15. The summed E-state index contributed by atoms with van der Waals surface area (Å²) in [4.78, 5) is 11.6. The van der Waals surface area contributed by atoms with E-state index in [-0.39, 0.29) is 12.0 Å². The Balaban J connectivity index is 2.77. The Labute approximate surface area is 93.5 Å². The van der Waals surface area contributed by atoms with Gasteiger partial charge in [0, 0.05) is 12.0 Å². The highest BCUT2D eigenvalue weighted by atomic mass is 19.1. The van der Waals surface area contributed by atoms with E-state index in [1.165, 1.54) is 0 Å². The molecule has 88 valence electrons. The fraction of sp³-hybridized carbons (Fsp3) is 0.417. The summed E-state index contributed by atoms with van der Waals surface area (Å²) in [7, 11) is 0. The van der Waals surface area contributed by atoms with Gasteiger partial charge in [-0.1, -0.05) is 0 Å². The minimum atomic E-state index is -0.693. The summed E-state index contributed by atoms with van der Waals surface area (Å²) in [6.07, 6.45) is 0.547. The van der Waals surface area contributed by atoms with Crippen LogP contribution in [0.15, 0.2) is 18.2 Å². The van der Waals surface area contributed by atoms with Gasteiger partial charge in [-0.15, -0.1) is 0 Å². The number of benzene rings is 1. The summed E-state index contributed by atoms with van der Waals surface area (Å²) < 4.78 is 26.1. The molecular weight excluding hydrogens is 212 g/mol. The molecule has 1 aromatic carbocycles. The highest BCUT2D eigenvalue weighted by molar-refractivity contribution is 5.96. The fourth-order valence-electron chi connectivity index (χ4n) is 1.28. The van der Waals surface area contributed by atoms with Crippen LogP contribution in [-0.4, -0.2) is 11.3 Å². The van der Waals surface area contributed by atoms with E-state index in [0.717, 1.165) is 18.2 Å². The van der Waals surface area contributed by atoms with Crippen LogP contribution in [0.4, 0.5) is 8.78 Å². The van der Waals surface area contributed by atoms with Gasteiger partial charge in [-0.05, 0) is 38.5 Å². The Morgan fingerprint density at radius 2 is 2.00 bits per heavy atom. The van der Waals surface area contributed by atoms with Crippen molar-refractivity contribution >= 4 is 5.78 Å². The third-order valence-electron chi connectivity index (χ3n) is 2.23. The Kier molecular flexibility index (Phi) is 3.75. The molecule has 0 aliphatic rings. The number of hydrogen-bond acceptors (Lipinski definition) is 2. The van der Waals surface area contributed by atoms with Gasteiger partial charge in [-0.25, -0.2) is 8.78 Å². The minimum absolute atomic E-state index is 0.115. The average Bonchev–Trinajstić information content (AvgIpc) is 2.17. The summed E-state index contributed by atoms with van der Waals surface area (Å²) in [6, 6.07) is 2.86. The molecule has 0 aromatic heterocycles. The SMILES string of the molecule is CC(C)(N)CCC(=O)c1cc(F)ccc1F. The van der Waals surface area contributed by atoms with Gasteiger partial charge < -0.3 is 5.73 Å². The normalized spacial score (nSPS) is 11.6. The van der Waals surface area contributed by atoms with E-state index in [1.807, 2.05) is 0 Å². The van der Waals surface area contributed by atoms with Crippen LogP contribution >= 0.6 is 0 Å². The van der Waals surface area contributed by atoms with Gasteiger partial charge >= 0.3 is 0 Å². The first-order valence-electron chi connectivity index (χ1n) is 5.07. The van der Waals surface area contributed by atoms with Crippen molar-refractivity contribution in [1.82, 2.24) is 0 Å².